The Labute approximate surface area is 107 Å². The van der Waals surface area contributed by atoms with Gasteiger partial charge in [-0.3, -0.25) is 13.6 Å². The lowest BCUT2D eigenvalue weighted by Crippen LogP contribution is -2.30. The van der Waals surface area contributed by atoms with Crippen LogP contribution in [-0.2, 0) is 28.6 Å². The van der Waals surface area contributed by atoms with Crippen LogP contribution in [0.3, 0.4) is 0 Å². The molecule has 0 aliphatic heterocycles. The van der Waals surface area contributed by atoms with Crippen LogP contribution in [0.4, 0.5) is 0 Å². The standard InChI is InChI=1S/C11H16N2O4S/c1-7-9(6-10(14)15)8(2)13(11(16)12-7)4-5-18(3)17/h4-6H2,1-3H3,(H,14,15). The highest BCUT2D eigenvalue weighted by Crippen LogP contribution is 2.10. The molecule has 0 saturated carbocycles. The topological polar surface area (TPSA) is 89.3 Å². The summed E-state index contributed by atoms with van der Waals surface area (Å²) in [7, 11) is -1.01. The molecule has 0 saturated heterocycles. The molecule has 1 heterocycles. The fourth-order valence-electron chi connectivity index (χ4n) is 1.73. The van der Waals surface area contributed by atoms with Crippen molar-refractivity contribution in [2.75, 3.05) is 12.0 Å². The minimum atomic E-state index is -1.01. The van der Waals surface area contributed by atoms with Gasteiger partial charge in [0.2, 0.25) is 0 Å². The first-order chi connectivity index (χ1) is 8.32. The van der Waals surface area contributed by atoms with Crippen molar-refractivity contribution in [3.63, 3.8) is 0 Å². The summed E-state index contributed by atoms with van der Waals surface area (Å²) in [6, 6.07) is 0. The third-order valence-corrected chi connectivity index (χ3v) is 3.46. The van der Waals surface area contributed by atoms with Gasteiger partial charge in [0.15, 0.2) is 0 Å². The third-order valence-electron chi connectivity index (χ3n) is 2.70. The van der Waals surface area contributed by atoms with E-state index in [1.54, 1.807) is 20.1 Å². The first kappa shape index (κ1) is 14.6. The average molecular weight is 272 g/mol. The van der Waals surface area contributed by atoms with Crippen LogP contribution in [0.25, 0.3) is 0 Å². The van der Waals surface area contributed by atoms with E-state index in [4.69, 9.17) is 5.11 Å². The molecule has 6 nitrogen and oxygen atoms in total. The van der Waals surface area contributed by atoms with Crippen LogP contribution in [0.5, 0.6) is 0 Å². The number of aliphatic carboxylic acids is 1. The summed E-state index contributed by atoms with van der Waals surface area (Å²) < 4.78 is 12.4. The Hall–Kier alpha value is -1.50. The van der Waals surface area contributed by atoms with Crippen LogP contribution in [-0.4, -0.2) is 36.8 Å². The highest BCUT2D eigenvalue weighted by Gasteiger charge is 2.14. The minimum Gasteiger partial charge on any atom is -0.481 e. The number of aryl methyl sites for hydroxylation is 1. The molecule has 100 valence electrons. The lowest BCUT2D eigenvalue weighted by Gasteiger charge is -2.13. The second-order valence-electron chi connectivity index (χ2n) is 4.04. The molecule has 1 atom stereocenters. The zero-order chi connectivity index (χ0) is 13.9. The number of carboxylic acid groups (broad SMARTS) is 1. The van der Waals surface area contributed by atoms with Crippen LogP contribution in [0, 0.1) is 13.8 Å². The molecule has 1 aromatic rings. The molecule has 0 fully saturated rings. The maximum atomic E-state index is 11.7. The fourth-order valence-corrected chi connectivity index (χ4v) is 2.17. The van der Waals surface area contributed by atoms with Crippen molar-refractivity contribution in [1.29, 1.82) is 0 Å². The highest BCUT2D eigenvalue weighted by atomic mass is 32.2. The first-order valence-electron chi connectivity index (χ1n) is 5.41. The van der Waals surface area contributed by atoms with Gasteiger partial charge in [-0.25, -0.2) is 4.79 Å². The van der Waals surface area contributed by atoms with E-state index in [2.05, 4.69) is 4.98 Å². The van der Waals surface area contributed by atoms with E-state index in [1.165, 1.54) is 4.57 Å². The molecule has 1 N–H and O–H groups in total. The molecular weight excluding hydrogens is 256 g/mol. The number of carbonyl (C=O) groups is 1. The van der Waals surface area contributed by atoms with E-state index >= 15 is 0 Å². The van der Waals surface area contributed by atoms with E-state index in [-0.39, 0.29) is 13.0 Å². The lowest BCUT2D eigenvalue weighted by molar-refractivity contribution is -0.136. The predicted octanol–water partition coefficient (Wildman–Crippen LogP) is -0.134. The molecular formula is C11H16N2O4S. The van der Waals surface area contributed by atoms with E-state index in [0.717, 1.165) is 0 Å². The fraction of sp³-hybridized carbons (Fsp3) is 0.545. The van der Waals surface area contributed by atoms with Gasteiger partial charge in [0.1, 0.15) is 0 Å². The summed E-state index contributed by atoms with van der Waals surface area (Å²) >= 11 is 0. The van der Waals surface area contributed by atoms with Crippen LogP contribution in [0.15, 0.2) is 4.79 Å². The monoisotopic (exact) mass is 272 g/mol. The zero-order valence-electron chi connectivity index (χ0n) is 10.6. The molecule has 1 unspecified atom stereocenters. The molecule has 0 aliphatic rings. The summed E-state index contributed by atoms with van der Waals surface area (Å²) in [5, 5.41) is 8.83. The van der Waals surface area contributed by atoms with E-state index < -0.39 is 22.5 Å². The van der Waals surface area contributed by atoms with Gasteiger partial charge in [-0.1, -0.05) is 0 Å². The van der Waals surface area contributed by atoms with Crippen LogP contribution in [0.1, 0.15) is 17.0 Å². The van der Waals surface area contributed by atoms with Crippen molar-refractivity contribution >= 4 is 16.8 Å². The lowest BCUT2D eigenvalue weighted by atomic mass is 10.1. The Morgan fingerprint density at radius 1 is 1.44 bits per heavy atom. The van der Waals surface area contributed by atoms with Crippen molar-refractivity contribution in [3.8, 4) is 0 Å². The van der Waals surface area contributed by atoms with E-state index in [1.807, 2.05) is 0 Å². The predicted molar refractivity (Wildman–Crippen MR) is 68.2 cm³/mol. The number of rotatable bonds is 5. The number of hydrogen-bond donors (Lipinski definition) is 1. The highest BCUT2D eigenvalue weighted by molar-refractivity contribution is 7.84. The second kappa shape index (κ2) is 5.90. The molecule has 0 aromatic carbocycles. The summed E-state index contributed by atoms with van der Waals surface area (Å²) in [4.78, 5) is 26.3. The molecule has 1 rings (SSSR count). The Bertz CT molecular complexity index is 551. The Kier molecular flexibility index (Phi) is 4.77. The van der Waals surface area contributed by atoms with Crippen molar-refractivity contribution in [1.82, 2.24) is 9.55 Å². The molecule has 1 aromatic heterocycles. The maximum absolute atomic E-state index is 11.7. The quantitative estimate of drug-likeness (QED) is 0.806. The van der Waals surface area contributed by atoms with Gasteiger partial charge in [0.05, 0.1) is 6.42 Å². The molecule has 0 bridgehead atoms. The van der Waals surface area contributed by atoms with Crippen LogP contribution in [0.2, 0.25) is 0 Å². The normalized spacial score (nSPS) is 12.4. The Balaban J connectivity index is 3.21. The maximum Gasteiger partial charge on any atom is 0.348 e. The van der Waals surface area contributed by atoms with Gasteiger partial charge in [0, 0.05) is 46.3 Å². The third kappa shape index (κ3) is 3.49. The number of nitrogens with zero attached hydrogens (tertiary/aromatic N) is 2. The molecule has 7 heteroatoms. The van der Waals surface area contributed by atoms with Gasteiger partial charge < -0.3 is 5.11 Å². The molecule has 0 aliphatic carbocycles. The van der Waals surface area contributed by atoms with Crippen LogP contribution < -0.4 is 5.69 Å². The Morgan fingerprint density at radius 3 is 2.56 bits per heavy atom. The van der Waals surface area contributed by atoms with Crippen LogP contribution >= 0.6 is 0 Å². The van der Waals surface area contributed by atoms with Crippen molar-refractivity contribution < 1.29 is 14.1 Å². The van der Waals surface area contributed by atoms with Crippen molar-refractivity contribution in [2.45, 2.75) is 26.8 Å². The SMILES string of the molecule is Cc1nc(=O)n(CCS(C)=O)c(C)c1CC(=O)O. The van der Waals surface area contributed by atoms with Gasteiger partial charge in [-0.15, -0.1) is 0 Å². The van der Waals surface area contributed by atoms with Gasteiger partial charge in [-0.2, -0.15) is 4.98 Å². The van der Waals surface area contributed by atoms with Gasteiger partial charge >= 0.3 is 11.7 Å². The number of carboxylic acids is 1. The summed E-state index contributed by atoms with van der Waals surface area (Å²) in [5.41, 5.74) is 1.14. The molecule has 18 heavy (non-hydrogen) atoms. The van der Waals surface area contributed by atoms with Gasteiger partial charge in [0.25, 0.3) is 0 Å². The minimum absolute atomic E-state index is 0.167. The van der Waals surface area contributed by atoms with E-state index in [9.17, 15) is 13.8 Å². The summed E-state index contributed by atoms with van der Waals surface area (Å²) in [6.07, 6.45) is 1.39. The van der Waals surface area contributed by atoms with Gasteiger partial charge in [-0.05, 0) is 13.8 Å². The van der Waals surface area contributed by atoms with Crippen molar-refractivity contribution in [2.24, 2.45) is 0 Å². The average Bonchev–Trinajstić information content (AvgIpc) is 2.23. The zero-order valence-corrected chi connectivity index (χ0v) is 11.4. The smallest absolute Gasteiger partial charge is 0.348 e. The molecule has 0 spiro atoms. The summed E-state index contributed by atoms with van der Waals surface area (Å²) in [5.74, 6) is -0.620. The second-order valence-corrected chi connectivity index (χ2v) is 5.60. The molecule has 0 amide bonds. The van der Waals surface area contributed by atoms with E-state index in [0.29, 0.717) is 22.7 Å². The number of hydrogen-bond acceptors (Lipinski definition) is 4. The largest absolute Gasteiger partial charge is 0.481 e. The summed E-state index contributed by atoms with van der Waals surface area (Å²) in [6.45, 7) is 3.59. The molecule has 0 radical (unpaired) electrons. The van der Waals surface area contributed by atoms with Crippen molar-refractivity contribution in [3.05, 3.63) is 27.4 Å². The first-order valence-corrected chi connectivity index (χ1v) is 7.14. The Morgan fingerprint density at radius 2 is 2.06 bits per heavy atom. The number of aromatic nitrogens is 2.